The first-order chi connectivity index (χ1) is 17.5. The number of hydrogen-bond acceptors (Lipinski definition) is 5. The van der Waals surface area contributed by atoms with Gasteiger partial charge in [0.25, 0.3) is 0 Å². The summed E-state index contributed by atoms with van der Waals surface area (Å²) >= 11 is 0. The zero-order valence-corrected chi connectivity index (χ0v) is 20.7. The topological polar surface area (TPSA) is 77.9 Å². The predicted octanol–water partition coefficient (Wildman–Crippen LogP) is 6.07. The summed E-state index contributed by atoms with van der Waals surface area (Å²) in [7, 11) is 1.67. The minimum absolute atomic E-state index is 0.183. The van der Waals surface area contributed by atoms with E-state index in [0.717, 1.165) is 45.5 Å². The third-order valence-corrected chi connectivity index (χ3v) is 8.58. The first-order valence-electron chi connectivity index (χ1n) is 13.0. The molecule has 4 aliphatic carbocycles. The van der Waals surface area contributed by atoms with Crippen LogP contribution in [-0.2, 0) is 14.9 Å². The molecule has 0 aliphatic heterocycles. The van der Waals surface area contributed by atoms with Gasteiger partial charge in [0.2, 0.25) is 0 Å². The van der Waals surface area contributed by atoms with Crippen molar-refractivity contribution >= 4 is 16.7 Å². The molecule has 36 heavy (non-hydrogen) atoms. The molecule has 4 fully saturated rings. The van der Waals surface area contributed by atoms with Gasteiger partial charge in [-0.05, 0) is 103 Å². The molecule has 4 bridgehead atoms. The van der Waals surface area contributed by atoms with Gasteiger partial charge in [0.05, 0.1) is 24.5 Å². The van der Waals surface area contributed by atoms with Gasteiger partial charge in [-0.25, -0.2) is 4.79 Å². The molecule has 1 heterocycles. The molecule has 0 radical (unpaired) electrons. The molecule has 6 nitrogen and oxygen atoms in total. The van der Waals surface area contributed by atoms with Gasteiger partial charge in [0.1, 0.15) is 5.75 Å². The SMILES string of the molecule is COCCOCOc1cc2ccc(-c3ccc(C(=O)O)cn3)cc2cc1C12CC3CC(CC(C3)C1)C2. The monoisotopic (exact) mass is 487 g/mol. The fourth-order valence-corrected chi connectivity index (χ4v) is 7.41. The summed E-state index contributed by atoms with van der Waals surface area (Å²) in [5.41, 5.74) is 3.45. The van der Waals surface area contributed by atoms with Gasteiger partial charge in [0, 0.05) is 24.4 Å². The van der Waals surface area contributed by atoms with E-state index in [-0.39, 0.29) is 17.8 Å². The van der Waals surface area contributed by atoms with E-state index in [1.54, 1.807) is 19.2 Å². The number of hydrogen-bond donors (Lipinski definition) is 1. The summed E-state index contributed by atoms with van der Waals surface area (Å²) in [6, 6.07) is 14.2. The van der Waals surface area contributed by atoms with Gasteiger partial charge in [-0.15, -0.1) is 0 Å². The number of pyridine rings is 1. The largest absolute Gasteiger partial charge is 0.478 e. The Bertz CT molecular complexity index is 1230. The van der Waals surface area contributed by atoms with Crippen molar-refractivity contribution in [3.63, 3.8) is 0 Å². The van der Waals surface area contributed by atoms with Crippen molar-refractivity contribution in [2.24, 2.45) is 17.8 Å². The van der Waals surface area contributed by atoms with Crippen LogP contribution in [0.2, 0.25) is 0 Å². The fraction of sp³-hybridized carbons (Fsp3) is 0.467. The van der Waals surface area contributed by atoms with Crippen LogP contribution >= 0.6 is 0 Å². The number of ether oxygens (including phenoxy) is 3. The molecule has 0 atom stereocenters. The van der Waals surface area contributed by atoms with Crippen molar-refractivity contribution in [2.75, 3.05) is 27.1 Å². The molecular weight excluding hydrogens is 454 g/mol. The van der Waals surface area contributed by atoms with Crippen LogP contribution in [0.5, 0.6) is 5.75 Å². The zero-order chi connectivity index (χ0) is 24.7. The Hall–Kier alpha value is -2.96. The van der Waals surface area contributed by atoms with E-state index in [9.17, 15) is 9.90 Å². The first kappa shape index (κ1) is 23.4. The second-order valence-corrected chi connectivity index (χ2v) is 11.0. The maximum absolute atomic E-state index is 11.2. The van der Waals surface area contributed by atoms with Gasteiger partial charge >= 0.3 is 5.97 Å². The Morgan fingerprint density at radius 3 is 2.36 bits per heavy atom. The molecule has 188 valence electrons. The van der Waals surface area contributed by atoms with Gasteiger partial charge in [-0.1, -0.05) is 12.1 Å². The van der Waals surface area contributed by atoms with Crippen molar-refractivity contribution in [3.8, 4) is 17.0 Å². The number of carboxylic acids is 1. The number of rotatable bonds is 9. The Labute approximate surface area is 211 Å². The molecule has 0 saturated heterocycles. The summed E-state index contributed by atoms with van der Waals surface area (Å²) in [5.74, 6) is 2.48. The molecule has 2 aromatic carbocycles. The number of benzene rings is 2. The van der Waals surface area contributed by atoms with Crippen molar-refractivity contribution < 1.29 is 24.1 Å². The quantitative estimate of drug-likeness (QED) is 0.292. The van der Waals surface area contributed by atoms with Crippen LogP contribution in [0.25, 0.3) is 22.0 Å². The number of methoxy groups -OCH3 is 1. The lowest BCUT2D eigenvalue weighted by Gasteiger charge is -2.57. The Morgan fingerprint density at radius 2 is 1.72 bits per heavy atom. The number of aromatic nitrogens is 1. The van der Waals surface area contributed by atoms with Crippen LogP contribution in [0.1, 0.15) is 54.4 Å². The molecule has 4 saturated carbocycles. The van der Waals surface area contributed by atoms with E-state index in [0.29, 0.717) is 13.2 Å². The lowest BCUT2D eigenvalue weighted by molar-refractivity contribution is -0.0188. The third-order valence-electron chi connectivity index (χ3n) is 8.58. The lowest BCUT2D eigenvalue weighted by atomic mass is 9.48. The number of carbonyl (C=O) groups is 1. The highest BCUT2D eigenvalue weighted by molar-refractivity contribution is 5.90. The van der Waals surface area contributed by atoms with Crippen LogP contribution in [0.3, 0.4) is 0 Å². The Balaban J connectivity index is 1.38. The van der Waals surface area contributed by atoms with Crippen molar-refractivity contribution in [1.29, 1.82) is 0 Å². The van der Waals surface area contributed by atoms with Crippen molar-refractivity contribution in [2.45, 2.75) is 43.9 Å². The van der Waals surface area contributed by atoms with Gasteiger partial charge < -0.3 is 19.3 Å². The number of nitrogens with zero attached hydrogens (tertiary/aromatic N) is 1. The first-order valence-corrected chi connectivity index (χ1v) is 13.0. The van der Waals surface area contributed by atoms with Gasteiger partial charge in [0.15, 0.2) is 6.79 Å². The van der Waals surface area contributed by atoms with Crippen LogP contribution in [0.4, 0.5) is 0 Å². The van der Waals surface area contributed by atoms with E-state index in [1.807, 2.05) is 6.07 Å². The highest BCUT2D eigenvalue weighted by Crippen LogP contribution is 2.62. The van der Waals surface area contributed by atoms with E-state index < -0.39 is 5.97 Å². The average molecular weight is 488 g/mol. The zero-order valence-electron chi connectivity index (χ0n) is 20.7. The molecule has 0 unspecified atom stereocenters. The van der Waals surface area contributed by atoms with Crippen LogP contribution < -0.4 is 4.74 Å². The summed E-state index contributed by atoms with van der Waals surface area (Å²) in [4.78, 5) is 15.6. The number of fused-ring (bicyclic) bond motifs is 1. The van der Waals surface area contributed by atoms with Crippen LogP contribution in [0, 0.1) is 17.8 Å². The highest BCUT2D eigenvalue weighted by atomic mass is 16.7. The lowest BCUT2D eigenvalue weighted by Crippen LogP contribution is -2.48. The van der Waals surface area contributed by atoms with E-state index in [4.69, 9.17) is 14.2 Å². The van der Waals surface area contributed by atoms with E-state index >= 15 is 0 Å². The predicted molar refractivity (Wildman–Crippen MR) is 137 cm³/mol. The van der Waals surface area contributed by atoms with Gasteiger partial charge in [-0.2, -0.15) is 0 Å². The Morgan fingerprint density at radius 1 is 0.972 bits per heavy atom. The minimum Gasteiger partial charge on any atom is -0.478 e. The molecular formula is C30H33NO5. The molecule has 0 amide bonds. The third kappa shape index (κ3) is 4.37. The van der Waals surface area contributed by atoms with E-state index in [1.165, 1.54) is 50.3 Å². The summed E-state index contributed by atoms with van der Waals surface area (Å²) in [6.07, 6.45) is 9.36. The van der Waals surface area contributed by atoms with Crippen molar-refractivity contribution in [3.05, 3.63) is 59.8 Å². The summed E-state index contributed by atoms with van der Waals surface area (Å²) in [6.45, 7) is 1.27. The molecule has 1 aromatic heterocycles. The normalized spacial score (nSPS) is 26.4. The maximum Gasteiger partial charge on any atom is 0.337 e. The van der Waals surface area contributed by atoms with Crippen LogP contribution in [-0.4, -0.2) is 43.2 Å². The second-order valence-electron chi connectivity index (χ2n) is 11.0. The van der Waals surface area contributed by atoms with Gasteiger partial charge in [-0.3, -0.25) is 4.98 Å². The Kier molecular flexibility index (Phi) is 6.18. The molecule has 0 spiro atoms. The number of aromatic carboxylic acids is 1. The van der Waals surface area contributed by atoms with Crippen LogP contribution in [0.15, 0.2) is 48.7 Å². The standard InChI is InChI=1S/C30H33NO5/c1-34-6-7-35-18-36-28-13-22-2-3-23(27-5-4-24(17-31-27)29(32)33)11-25(22)12-26(28)30-14-19-8-20(15-30)10-21(9-19)16-30/h2-5,11-13,17,19-21H,6-10,14-16,18H2,1H3,(H,32,33). The summed E-state index contributed by atoms with van der Waals surface area (Å²) in [5, 5.41) is 11.5. The molecule has 4 aliphatic rings. The summed E-state index contributed by atoms with van der Waals surface area (Å²) < 4.78 is 17.0. The molecule has 7 rings (SSSR count). The molecule has 6 heteroatoms. The molecule has 1 N–H and O–H groups in total. The highest BCUT2D eigenvalue weighted by Gasteiger charge is 2.52. The fourth-order valence-electron chi connectivity index (χ4n) is 7.41. The minimum atomic E-state index is -0.966. The average Bonchev–Trinajstić information content (AvgIpc) is 2.87. The second kappa shape index (κ2) is 9.49. The van der Waals surface area contributed by atoms with Crippen molar-refractivity contribution in [1.82, 2.24) is 4.98 Å². The molecule has 3 aromatic rings. The smallest absolute Gasteiger partial charge is 0.337 e. The maximum atomic E-state index is 11.2. The van der Waals surface area contributed by atoms with E-state index in [2.05, 4.69) is 29.2 Å². The number of carboxylic acid groups (broad SMARTS) is 1.